The van der Waals surface area contributed by atoms with Crippen LogP contribution in [0.3, 0.4) is 0 Å². The molecule has 3 aromatic heterocycles. The van der Waals surface area contributed by atoms with E-state index in [4.69, 9.17) is 0 Å². The summed E-state index contributed by atoms with van der Waals surface area (Å²) in [5.41, 5.74) is 2.79. The molecule has 1 N–H and O–H groups in total. The number of hydrogen-bond acceptors (Lipinski definition) is 6. The Bertz CT molecular complexity index is 1290. The van der Waals surface area contributed by atoms with Gasteiger partial charge in [-0.25, -0.2) is 15.0 Å². The Morgan fingerprint density at radius 3 is 2.63 bits per heavy atom. The lowest BCUT2D eigenvalue weighted by Crippen LogP contribution is -2.50. The van der Waals surface area contributed by atoms with E-state index in [9.17, 15) is 9.59 Å². The van der Waals surface area contributed by atoms with Crippen molar-refractivity contribution in [2.75, 3.05) is 31.1 Å². The Balaban J connectivity index is 1.33. The van der Waals surface area contributed by atoms with Crippen LogP contribution in [0.5, 0.6) is 0 Å². The van der Waals surface area contributed by atoms with Gasteiger partial charge < -0.3 is 14.8 Å². The summed E-state index contributed by atoms with van der Waals surface area (Å²) < 4.78 is 1.37. The number of aromatic nitrogens is 5. The van der Waals surface area contributed by atoms with Gasteiger partial charge >= 0.3 is 0 Å². The molecule has 152 valence electrons. The highest BCUT2D eigenvalue weighted by Crippen LogP contribution is 2.22. The Hall–Kier alpha value is -3.75. The number of carbonyl (C=O) groups excluding carboxylic acids is 1. The number of nitrogens with one attached hydrogen (secondary N) is 1. The quantitative estimate of drug-likeness (QED) is 0.554. The number of aromatic amines is 1. The van der Waals surface area contributed by atoms with Crippen LogP contribution in [0.4, 0.5) is 5.95 Å². The first-order valence-electron chi connectivity index (χ1n) is 9.87. The number of anilines is 1. The zero-order valence-electron chi connectivity index (χ0n) is 16.6. The molecular formula is C21H21N7O2. The number of piperazine rings is 1. The van der Waals surface area contributed by atoms with E-state index in [1.54, 1.807) is 23.4 Å². The molecule has 0 radical (unpaired) electrons. The second-order valence-electron chi connectivity index (χ2n) is 7.49. The number of hydrogen-bond donors (Lipinski definition) is 1. The molecule has 0 spiro atoms. The van der Waals surface area contributed by atoms with Crippen LogP contribution in [0.25, 0.3) is 21.9 Å². The molecule has 9 heteroatoms. The third-order valence-electron chi connectivity index (χ3n) is 5.50. The summed E-state index contributed by atoms with van der Waals surface area (Å²) in [4.78, 5) is 45.7. The third-order valence-corrected chi connectivity index (χ3v) is 5.50. The zero-order valence-corrected chi connectivity index (χ0v) is 16.6. The SMILES string of the molecule is Cc1ccc2[nH]c3c(=O)n(CC(=O)N4CCN(c5ncccn5)CC4)cnc3c2c1. The highest BCUT2D eigenvalue weighted by Gasteiger charge is 2.23. The highest BCUT2D eigenvalue weighted by molar-refractivity contribution is 6.04. The Morgan fingerprint density at radius 1 is 1.10 bits per heavy atom. The molecule has 1 aliphatic rings. The van der Waals surface area contributed by atoms with E-state index in [0.717, 1.165) is 16.5 Å². The van der Waals surface area contributed by atoms with Gasteiger partial charge in [0.05, 0.1) is 6.33 Å². The van der Waals surface area contributed by atoms with Crippen LogP contribution in [0, 0.1) is 6.92 Å². The van der Waals surface area contributed by atoms with Crippen molar-refractivity contribution in [1.29, 1.82) is 0 Å². The third kappa shape index (κ3) is 3.18. The fourth-order valence-electron chi connectivity index (χ4n) is 3.87. The van der Waals surface area contributed by atoms with Crippen LogP contribution in [0.2, 0.25) is 0 Å². The highest BCUT2D eigenvalue weighted by atomic mass is 16.2. The molecule has 1 amide bonds. The van der Waals surface area contributed by atoms with E-state index in [-0.39, 0.29) is 18.0 Å². The van der Waals surface area contributed by atoms with Crippen LogP contribution in [-0.4, -0.2) is 61.5 Å². The summed E-state index contributed by atoms with van der Waals surface area (Å²) in [6.07, 6.45) is 4.88. The smallest absolute Gasteiger partial charge is 0.278 e. The molecule has 30 heavy (non-hydrogen) atoms. The second kappa shape index (κ2) is 7.25. The van der Waals surface area contributed by atoms with Gasteiger partial charge in [0.1, 0.15) is 17.6 Å². The van der Waals surface area contributed by atoms with Crippen molar-refractivity contribution < 1.29 is 4.79 Å². The fraction of sp³-hybridized carbons (Fsp3) is 0.286. The summed E-state index contributed by atoms with van der Waals surface area (Å²) in [6.45, 7) is 4.41. The molecule has 1 aliphatic heterocycles. The van der Waals surface area contributed by atoms with E-state index in [1.807, 2.05) is 25.1 Å². The number of benzene rings is 1. The predicted octanol–water partition coefficient (Wildman–Crippen LogP) is 1.33. The average Bonchev–Trinajstić information content (AvgIpc) is 3.15. The number of nitrogens with zero attached hydrogens (tertiary/aromatic N) is 6. The van der Waals surface area contributed by atoms with Crippen molar-refractivity contribution in [3.63, 3.8) is 0 Å². The van der Waals surface area contributed by atoms with Crippen LogP contribution in [0.15, 0.2) is 47.8 Å². The van der Waals surface area contributed by atoms with Gasteiger partial charge in [-0.15, -0.1) is 0 Å². The number of H-pyrrole nitrogens is 1. The van der Waals surface area contributed by atoms with Crippen LogP contribution < -0.4 is 10.5 Å². The minimum absolute atomic E-state index is 0.0298. The maximum Gasteiger partial charge on any atom is 0.278 e. The van der Waals surface area contributed by atoms with Gasteiger partial charge in [0, 0.05) is 49.5 Å². The molecule has 0 saturated carbocycles. The average molecular weight is 403 g/mol. The van der Waals surface area contributed by atoms with Crippen LogP contribution in [0.1, 0.15) is 5.56 Å². The Kier molecular flexibility index (Phi) is 4.42. The standard InChI is InChI=1S/C21H21N7O2/c1-14-3-4-16-15(11-14)18-19(25-16)20(30)28(13-24-18)12-17(29)26-7-9-27(10-8-26)21-22-5-2-6-23-21/h2-6,11,13,25H,7-10,12H2,1H3. The van der Waals surface area contributed by atoms with E-state index in [2.05, 4.69) is 24.8 Å². The Labute approximate surface area is 172 Å². The maximum atomic E-state index is 12.9. The molecule has 5 rings (SSSR count). The zero-order chi connectivity index (χ0) is 20.7. The molecule has 4 aromatic rings. The van der Waals surface area contributed by atoms with E-state index < -0.39 is 0 Å². The van der Waals surface area contributed by atoms with Crippen molar-refractivity contribution in [3.8, 4) is 0 Å². The number of amides is 1. The van der Waals surface area contributed by atoms with Crippen LogP contribution >= 0.6 is 0 Å². The van der Waals surface area contributed by atoms with Gasteiger partial charge in [-0.1, -0.05) is 11.6 Å². The van der Waals surface area contributed by atoms with Gasteiger partial charge in [-0.2, -0.15) is 0 Å². The lowest BCUT2D eigenvalue weighted by molar-refractivity contribution is -0.132. The Morgan fingerprint density at radius 2 is 1.87 bits per heavy atom. The molecule has 9 nitrogen and oxygen atoms in total. The molecule has 0 aliphatic carbocycles. The lowest BCUT2D eigenvalue weighted by atomic mass is 10.2. The molecule has 1 aromatic carbocycles. The number of rotatable bonds is 3. The minimum Gasteiger partial charge on any atom is -0.349 e. The molecule has 1 saturated heterocycles. The van der Waals surface area contributed by atoms with Crippen molar-refractivity contribution in [2.45, 2.75) is 13.5 Å². The van der Waals surface area contributed by atoms with Gasteiger partial charge in [0.25, 0.3) is 5.56 Å². The summed E-state index contributed by atoms with van der Waals surface area (Å²) in [7, 11) is 0. The monoisotopic (exact) mass is 403 g/mol. The molecule has 0 bridgehead atoms. The number of fused-ring (bicyclic) bond motifs is 3. The van der Waals surface area contributed by atoms with E-state index in [0.29, 0.717) is 43.2 Å². The van der Waals surface area contributed by atoms with E-state index >= 15 is 0 Å². The summed E-state index contributed by atoms with van der Waals surface area (Å²) in [6, 6.07) is 7.71. The molecule has 4 heterocycles. The van der Waals surface area contributed by atoms with Gasteiger partial charge in [0.2, 0.25) is 11.9 Å². The first-order valence-corrected chi connectivity index (χ1v) is 9.87. The lowest BCUT2D eigenvalue weighted by Gasteiger charge is -2.34. The van der Waals surface area contributed by atoms with Crippen molar-refractivity contribution in [2.24, 2.45) is 0 Å². The normalized spacial score (nSPS) is 14.6. The largest absolute Gasteiger partial charge is 0.349 e. The van der Waals surface area contributed by atoms with Crippen molar-refractivity contribution >= 4 is 33.8 Å². The molecule has 1 fully saturated rings. The van der Waals surface area contributed by atoms with Gasteiger partial charge in [-0.05, 0) is 25.1 Å². The topological polar surface area (TPSA) is 100 Å². The predicted molar refractivity (Wildman–Crippen MR) is 113 cm³/mol. The fourth-order valence-corrected chi connectivity index (χ4v) is 3.87. The van der Waals surface area contributed by atoms with Crippen molar-refractivity contribution in [1.82, 2.24) is 29.4 Å². The summed E-state index contributed by atoms with van der Waals surface area (Å²) >= 11 is 0. The second-order valence-corrected chi connectivity index (χ2v) is 7.49. The first kappa shape index (κ1) is 18.3. The number of carbonyl (C=O) groups is 1. The first-order chi connectivity index (χ1) is 14.6. The summed E-state index contributed by atoms with van der Waals surface area (Å²) in [5, 5.41) is 0.917. The van der Waals surface area contributed by atoms with Crippen molar-refractivity contribution in [3.05, 3.63) is 58.9 Å². The van der Waals surface area contributed by atoms with Crippen LogP contribution in [-0.2, 0) is 11.3 Å². The van der Waals surface area contributed by atoms with Gasteiger partial charge in [-0.3, -0.25) is 14.2 Å². The number of aryl methyl sites for hydroxylation is 1. The molecule has 0 atom stereocenters. The minimum atomic E-state index is -0.237. The molecule has 0 unspecified atom stereocenters. The summed E-state index contributed by atoms with van der Waals surface area (Å²) in [5.74, 6) is 0.573. The van der Waals surface area contributed by atoms with Gasteiger partial charge in [0.15, 0.2) is 0 Å². The molecular weight excluding hydrogens is 382 g/mol. The maximum absolute atomic E-state index is 12.9. The van der Waals surface area contributed by atoms with E-state index in [1.165, 1.54) is 10.9 Å².